The molecule has 1 atom stereocenters. The number of carbonyl (C=O) groups is 1. The van der Waals surface area contributed by atoms with Crippen molar-refractivity contribution in [2.75, 3.05) is 6.61 Å². The van der Waals surface area contributed by atoms with E-state index in [1.165, 1.54) is 0 Å². The number of nitrogens with zero attached hydrogens (tertiary/aromatic N) is 4. The van der Waals surface area contributed by atoms with Crippen LogP contribution in [0.5, 0.6) is 0 Å². The Balaban J connectivity index is 2.05. The van der Waals surface area contributed by atoms with Crippen LogP contribution < -0.4 is 5.49 Å². The lowest BCUT2D eigenvalue weighted by Gasteiger charge is -2.21. The molecule has 2 heterocycles. The van der Waals surface area contributed by atoms with Crippen molar-refractivity contribution >= 4 is 5.91 Å². The molecule has 1 fully saturated rings. The fourth-order valence-corrected chi connectivity index (χ4v) is 3.45. The van der Waals surface area contributed by atoms with Gasteiger partial charge in [0.2, 0.25) is 0 Å². The molecule has 0 aliphatic carbocycles. The number of rotatable bonds is 3. The number of aromatic nitrogens is 2. The minimum atomic E-state index is -0.348. The summed E-state index contributed by atoms with van der Waals surface area (Å²) < 4.78 is 9.87. The van der Waals surface area contributed by atoms with Crippen molar-refractivity contribution in [3.8, 4) is 6.07 Å². The predicted molar refractivity (Wildman–Crippen MR) is 102 cm³/mol. The Bertz CT molecular complexity index is 948. The molecule has 1 aromatic heterocycles. The number of carbonyl (C=O) groups excluding carboxylic acids is 1. The van der Waals surface area contributed by atoms with Crippen molar-refractivity contribution in [2.45, 2.75) is 51.7 Å². The molecule has 0 radical (unpaired) electrons. The van der Waals surface area contributed by atoms with Gasteiger partial charge in [0.05, 0.1) is 24.3 Å². The van der Waals surface area contributed by atoms with Gasteiger partial charge in [0, 0.05) is 36.4 Å². The van der Waals surface area contributed by atoms with Crippen LogP contribution in [0.25, 0.3) is 0 Å². The second-order valence-electron chi connectivity index (χ2n) is 7.99. The van der Waals surface area contributed by atoms with Crippen LogP contribution in [0.15, 0.2) is 35.3 Å². The topological polar surface area (TPSA) is 72.3 Å². The van der Waals surface area contributed by atoms with E-state index in [2.05, 4.69) is 36.5 Å². The Labute approximate surface area is 159 Å². The number of amides is 1. The quantitative estimate of drug-likeness (QED) is 0.838. The first-order chi connectivity index (χ1) is 12.8. The van der Waals surface area contributed by atoms with E-state index in [-0.39, 0.29) is 17.4 Å². The maximum atomic E-state index is 12.7. The zero-order chi connectivity index (χ0) is 19.6. The average molecular weight is 366 g/mol. The van der Waals surface area contributed by atoms with Gasteiger partial charge in [-0.25, -0.2) is 0 Å². The van der Waals surface area contributed by atoms with Gasteiger partial charge in [-0.3, -0.25) is 14.2 Å². The van der Waals surface area contributed by atoms with Crippen LogP contribution in [0, 0.1) is 11.3 Å². The fraction of sp³-hybridized carbons (Fsp3) is 0.476. The molecule has 1 aliphatic heterocycles. The van der Waals surface area contributed by atoms with E-state index in [0.717, 1.165) is 25.1 Å². The van der Waals surface area contributed by atoms with Crippen molar-refractivity contribution < 1.29 is 9.53 Å². The van der Waals surface area contributed by atoms with Crippen LogP contribution >= 0.6 is 0 Å². The first kappa shape index (κ1) is 19.1. The fourth-order valence-electron chi connectivity index (χ4n) is 3.45. The van der Waals surface area contributed by atoms with E-state index in [1.807, 2.05) is 17.8 Å². The summed E-state index contributed by atoms with van der Waals surface area (Å²) in [5.74, 6) is -0.348. The summed E-state index contributed by atoms with van der Waals surface area (Å²) >= 11 is 0. The maximum Gasteiger partial charge on any atom is 0.279 e. The largest absolute Gasteiger partial charge is 0.376 e. The minimum Gasteiger partial charge on any atom is -0.376 e. The van der Waals surface area contributed by atoms with Crippen LogP contribution in [0.4, 0.5) is 0 Å². The molecule has 1 aliphatic rings. The van der Waals surface area contributed by atoms with E-state index >= 15 is 0 Å². The molecule has 27 heavy (non-hydrogen) atoms. The summed E-state index contributed by atoms with van der Waals surface area (Å²) in [5.41, 5.74) is 2.50. The third-order valence-electron chi connectivity index (χ3n) is 4.86. The summed E-state index contributed by atoms with van der Waals surface area (Å²) in [6.07, 6.45) is 2.22. The Morgan fingerprint density at radius 3 is 2.78 bits per heavy atom. The van der Waals surface area contributed by atoms with E-state index in [1.54, 1.807) is 24.3 Å². The first-order valence-corrected chi connectivity index (χ1v) is 9.28. The Hall–Kier alpha value is -2.65. The van der Waals surface area contributed by atoms with Crippen LogP contribution in [0.2, 0.25) is 0 Å². The second kappa shape index (κ2) is 7.53. The highest BCUT2D eigenvalue weighted by Crippen LogP contribution is 2.21. The monoisotopic (exact) mass is 366 g/mol. The number of hydrogen-bond donors (Lipinski definition) is 0. The van der Waals surface area contributed by atoms with Crippen LogP contribution in [-0.4, -0.2) is 28.0 Å². The highest BCUT2D eigenvalue weighted by Gasteiger charge is 2.23. The lowest BCUT2D eigenvalue weighted by Crippen LogP contribution is -2.30. The second-order valence-corrected chi connectivity index (χ2v) is 7.99. The number of ether oxygens (including phenoxy) is 1. The lowest BCUT2D eigenvalue weighted by atomic mass is 9.92. The van der Waals surface area contributed by atoms with Gasteiger partial charge in [-0.2, -0.15) is 10.3 Å². The summed E-state index contributed by atoms with van der Waals surface area (Å²) in [7, 11) is 2.00. The molecule has 1 saturated heterocycles. The SMILES string of the molecule is Cn1c(C(C)(C)C)c/c(=N\C(=O)c2cccc(C#N)c2)n1C[C@H]1CCCO1. The molecule has 2 aromatic rings. The van der Waals surface area contributed by atoms with Gasteiger partial charge in [-0.05, 0) is 31.0 Å². The zero-order valence-electron chi connectivity index (χ0n) is 16.4. The maximum absolute atomic E-state index is 12.7. The lowest BCUT2D eigenvalue weighted by molar-refractivity contribution is 0.0885. The molecule has 6 heteroatoms. The molecule has 142 valence electrons. The van der Waals surface area contributed by atoms with E-state index in [4.69, 9.17) is 10.00 Å². The summed E-state index contributed by atoms with van der Waals surface area (Å²) in [5, 5.41) is 9.05. The molecule has 0 spiro atoms. The molecular formula is C21H26N4O2. The average Bonchev–Trinajstić information content (AvgIpc) is 3.25. The predicted octanol–water partition coefficient (Wildman–Crippen LogP) is 2.92. The molecule has 6 nitrogen and oxygen atoms in total. The van der Waals surface area contributed by atoms with Crippen molar-refractivity contribution in [2.24, 2.45) is 12.0 Å². The van der Waals surface area contributed by atoms with Gasteiger partial charge in [0.1, 0.15) is 0 Å². The summed E-state index contributed by atoms with van der Waals surface area (Å²) in [6.45, 7) is 7.87. The van der Waals surface area contributed by atoms with E-state index in [0.29, 0.717) is 23.2 Å². The van der Waals surface area contributed by atoms with Gasteiger partial charge in [-0.15, -0.1) is 0 Å². The number of hydrogen-bond acceptors (Lipinski definition) is 3. The van der Waals surface area contributed by atoms with Crippen LogP contribution in [-0.2, 0) is 23.7 Å². The van der Waals surface area contributed by atoms with Crippen LogP contribution in [0.1, 0.15) is 55.2 Å². The van der Waals surface area contributed by atoms with Gasteiger partial charge in [-0.1, -0.05) is 26.8 Å². The first-order valence-electron chi connectivity index (χ1n) is 9.28. The molecule has 0 N–H and O–H groups in total. The summed E-state index contributed by atoms with van der Waals surface area (Å²) in [6, 6.07) is 10.7. The highest BCUT2D eigenvalue weighted by molar-refractivity contribution is 5.95. The Kier molecular flexibility index (Phi) is 5.33. The van der Waals surface area contributed by atoms with Crippen molar-refractivity contribution in [3.63, 3.8) is 0 Å². The van der Waals surface area contributed by atoms with Crippen molar-refractivity contribution in [1.82, 2.24) is 9.36 Å². The van der Waals surface area contributed by atoms with Crippen molar-refractivity contribution in [1.29, 1.82) is 5.26 Å². The number of benzene rings is 1. The van der Waals surface area contributed by atoms with Crippen molar-refractivity contribution in [3.05, 3.63) is 52.6 Å². The molecule has 0 bridgehead atoms. The van der Waals surface area contributed by atoms with E-state index < -0.39 is 0 Å². The third kappa shape index (κ3) is 4.20. The molecule has 1 amide bonds. The smallest absolute Gasteiger partial charge is 0.279 e. The Morgan fingerprint density at radius 1 is 1.37 bits per heavy atom. The molecular weight excluding hydrogens is 340 g/mol. The van der Waals surface area contributed by atoms with Gasteiger partial charge < -0.3 is 4.74 Å². The molecule has 0 saturated carbocycles. The summed E-state index contributed by atoms with van der Waals surface area (Å²) in [4.78, 5) is 17.1. The highest BCUT2D eigenvalue weighted by atomic mass is 16.5. The van der Waals surface area contributed by atoms with Gasteiger partial charge in [0.15, 0.2) is 5.49 Å². The van der Waals surface area contributed by atoms with Gasteiger partial charge >= 0.3 is 0 Å². The number of nitriles is 1. The molecule has 3 rings (SSSR count). The van der Waals surface area contributed by atoms with Gasteiger partial charge in [0.25, 0.3) is 5.91 Å². The minimum absolute atomic E-state index is 0.0788. The standard InChI is InChI=1S/C21H26N4O2/c1-21(2,3)18-12-19(25(24(18)4)14-17-9-6-10-27-17)23-20(26)16-8-5-7-15(11-16)13-22/h5,7-8,11-12,17H,6,9-10,14H2,1-4H3/b23-19+/t17-/m1/s1. The Morgan fingerprint density at radius 2 is 2.15 bits per heavy atom. The molecule has 1 aromatic carbocycles. The zero-order valence-corrected chi connectivity index (χ0v) is 16.4. The van der Waals surface area contributed by atoms with E-state index in [9.17, 15) is 4.79 Å². The normalized spacial score (nSPS) is 17.9. The third-order valence-corrected chi connectivity index (χ3v) is 4.86. The molecule has 0 unspecified atom stereocenters. The van der Waals surface area contributed by atoms with Crippen LogP contribution in [0.3, 0.4) is 0 Å².